The summed E-state index contributed by atoms with van der Waals surface area (Å²) in [4.78, 5) is 13.2. The number of amides is 1. The summed E-state index contributed by atoms with van der Waals surface area (Å²) in [5.41, 5.74) is 2.26. The fourth-order valence-electron chi connectivity index (χ4n) is 2.17. The molecule has 0 aliphatic rings. The Morgan fingerprint density at radius 3 is 2.68 bits per heavy atom. The van der Waals surface area contributed by atoms with Gasteiger partial charge in [-0.2, -0.15) is 5.10 Å². The van der Waals surface area contributed by atoms with Crippen molar-refractivity contribution in [3.05, 3.63) is 11.3 Å². The van der Waals surface area contributed by atoms with Crippen LogP contribution < -0.4 is 15.5 Å². The van der Waals surface area contributed by atoms with Crippen molar-refractivity contribution >= 4 is 11.7 Å². The van der Waals surface area contributed by atoms with Crippen molar-refractivity contribution in [1.82, 2.24) is 20.4 Å². The number of nitrogens with zero attached hydrogens (tertiary/aromatic N) is 3. The van der Waals surface area contributed by atoms with Gasteiger partial charge in [0.1, 0.15) is 5.82 Å². The lowest BCUT2D eigenvalue weighted by Gasteiger charge is -2.15. The molecule has 0 aliphatic heterocycles. The van der Waals surface area contributed by atoms with E-state index in [2.05, 4.69) is 20.6 Å². The molecular weight excluding hydrogens is 242 g/mol. The number of rotatable bonds is 7. The standard InChI is InChI=1S/C13H25N5O/c1-10-11(13(17(3)4)18(5)16-10)9-15-8-6-7-12(19)14-2/h15H,6-9H2,1-5H3,(H,14,19). The SMILES string of the molecule is CNC(=O)CCCNCc1c(C)nn(C)c1N(C)C. The first-order valence-corrected chi connectivity index (χ1v) is 6.58. The van der Waals surface area contributed by atoms with Gasteiger partial charge in [-0.3, -0.25) is 9.48 Å². The van der Waals surface area contributed by atoms with Crippen LogP contribution in [-0.4, -0.2) is 43.4 Å². The number of anilines is 1. The van der Waals surface area contributed by atoms with Gasteiger partial charge in [0.2, 0.25) is 5.91 Å². The maximum absolute atomic E-state index is 11.1. The predicted molar refractivity (Wildman–Crippen MR) is 77.3 cm³/mol. The predicted octanol–water partition coefficient (Wildman–Crippen LogP) is 0.410. The summed E-state index contributed by atoms with van der Waals surface area (Å²) in [5, 5.41) is 10.4. The van der Waals surface area contributed by atoms with Crippen molar-refractivity contribution in [2.75, 3.05) is 32.6 Å². The molecule has 1 heterocycles. The third kappa shape index (κ3) is 4.24. The Kier molecular flexibility index (Phi) is 5.82. The van der Waals surface area contributed by atoms with Gasteiger partial charge in [0.15, 0.2) is 0 Å². The molecule has 0 radical (unpaired) electrons. The van der Waals surface area contributed by atoms with Gasteiger partial charge in [-0.05, 0) is 19.9 Å². The molecule has 19 heavy (non-hydrogen) atoms. The maximum atomic E-state index is 11.1. The first kappa shape index (κ1) is 15.5. The van der Waals surface area contributed by atoms with Crippen LogP contribution in [0.2, 0.25) is 0 Å². The van der Waals surface area contributed by atoms with E-state index < -0.39 is 0 Å². The summed E-state index contributed by atoms with van der Waals surface area (Å²) in [5.74, 6) is 1.21. The van der Waals surface area contributed by atoms with E-state index in [4.69, 9.17) is 0 Å². The Hall–Kier alpha value is -1.56. The van der Waals surface area contributed by atoms with Crippen molar-refractivity contribution in [3.63, 3.8) is 0 Å². The van der Waals surface area contributed by atoms with Crippen LogP contribution >= 0.6 is 0 Å². The number of carbonyl (C=O) groups is 1. The minimum Gasteiger partial charge on any atom is -0.363 e. The number of aromatic nitrogens is 2. The van der Waals surface area contributed by atoms with E-state index in [0.29, 0.717) is 6.42 Å². The van der Waals surface area contributed by atoms with Crippen molar-refractivity contribution < 1.29 is 4.79 Å². The zero-order valence-electron chi connectivity index (χ0n) is 12.6. The van der Waals surface area contributed by atoms with E-state index in [9.17, 15) is 4.79 Å². The second kappa shape index (κ2) is 7.13. The Morgan fingerprint density at radius 2 is 2.11 bits per heavy atom. The molecule has 1 aromatic rings. The molecule has 108 valence electrons. The Labute approximate surface area is 115 Å². The average molecular weight is 267 g/mol. The molecule has 0 aliphatic carbocycles. The fraction of sp³-hybridized carbons (Fsp3) is 0.692. The van der Waals surface area contributed by atoms with Crippen LogP contribution in [0, 0.1) is 6.92 Å². The van der Waals surface area contributed by atoms with E-state index in [1.807, 2.05) is 32.7 Å². The van der Waals surface area contributed by atoms with Crippen LogP contribution in [0.4, 0.5) is 5.82 Å². The monoisotopic (exact) mass is 267 g/mol. The quantitative estimate of drug-likeness (QED) is 0.703. The minimum absolute atomic E-state index is 0.0911. The fourth-order valence-corrected chi connectivity index (χ4v) is 2.17. The lowest BCUT2D eigenvalue weighted by molar-refractivity contribution is -0.120. The summed E-state index contributed by atoms with van der Waals surface area (Å²) in [6.07, 6.45) is 1.41. The van der Waals surface area contributed by atoms with E-state index in [0.717, 1.165) is 31.0 Å². The minimum atomic E-state index is 0.0911. The molecule has 0 aromatic carbocycles. The molecule has 0 saturated heterocycles. The largest absolute Gasteiger partial charge is 0.363 e. The van der Waals surface area contributed by atoms with E-state index in [-0.39, 0.29) is 5.91 Å². The van der Waals surface area contributed by atoms with Crippen molar-refractivity contribution in [1.29, 1.82) is 0 Å². The Balaban J connectivity index is 2.47. The highest BCUT2D eigenvalue weighted by Crippen LogP contribution is 2.20. The number of nitrogens with one attached hydrogen (secondary N) is 2. The lowest BCUT2D eigenvalue weighted by atomic mass is 10.2. The molecule has 0 bridgehead atoms. The zero-order valence-corrected chi connectivity index (χ0v) is 12.6. The molecule has 6 nitrogen and oxygen atoms in total. The summed E-state index contributed by atoms with van der Waals surface area (Å²) in [6.45, 7) is 3.63. The molecule has 0 unspecified atom stereocenters. The molecule has 1 rings (SSSR count). The van der Waals surface area contributed by atoms with Gasteiger partial charge in [-0.1, -0.05) is 0 Å². The first-order chi connectivity index (χ1) is 8.97. The first-order valence-electron chi connectivity index (χ1n) is 6.58. The molecule has 0 fully saturated rings. The second-order valence-corrected chi connectivity index (χ2v) is 4.86. The van der Waals surface area contributed by atoms with Gasteiger partial charge in [0.25, 0.3) is 0 Å². The number of carbonyl (C=O) groups excluding carboxylic acids is 1. The summed E-state index contributed by atoms with van der Waals surface area (Å²) < 4.78 is 1.90. The van der Waals surface area contributed by atoms with Gasteiger partial charge in [0.05, 0.1) is 5.69 Å². The maximum Gasteiger partial charge on any atom is 0.219 e. The van der Waals surface area contributed by atoms with Crippen LogP contribution in [0.5, 0.6) is 0 Å². The van der Waals surface area contributed by atoms with Crippen molar-refractivity contribution in [3.8, 4) is 0 Å². The summed E-state index contributed by atoms with van der Waals surface area (Å²) in [6, 6.07) is 0. The van der Waals surface area contributed by atoms with Crippen LogP contribution in [0.1, 0.15) is 24.1 Å². The van der Waals surface area contributed by atoms with E-state index >= 15 is 0 Å². The van der Waals surface area contributed by atoms with E-state index in [1.54, 1.807) is 7.05 Å². The highest BCUT2D eigenvalue weighted by Gasteiger charge is 2.14. The van der Waals surface area contributed by atoms with Crippen molar-refractivity contribution in [2.24, 2.45) is 7.05 Å². The molecule has 0 saturated carbocycles. The van der Waals surface area contributed by atoms with Crippen LogP contribution in [0.3, 0.4) is 0 Å². The second-order valence-electron chi connectivity index (χ2n) is 4.86. The molecule has 0 atom stereocenters. The normalized spacial score (nSPS) is 10.6. The van der Waals surface area contributed by atoms with Crippen molar-refractivity contribution in [2.45, 2.75) is 26.3 Å². The van der Waals surface area contributed by atoms with Gasteiger partial charge in [-0.25, -0.2) is 0 Å². The lowest BCUT2D eigenvalue weighted by Crippen LogP contribution is -2.22. The molecule has 2 N–H and O–H groups in total. The Morgan fingerprint density at radius 1 is 1.42 bits per heavy atom. The van der Waals surface area contributed by atoms with Crippen LogP contribution in [0.25, 0.3) is 0 Å². The number of hydrogen-bond donors (Lipinski definition) is 2. The molecule has 6 heteroatoms. The molecule has 0 spiro atoms. The molecule has 1 amide bonds. The average Bonchev–Trinajstić information content (AvgIpc) is 2.63. The number of hydrogen-bond acceptors (Lipinski definition) is 4. The molecular formula is C13H25N5O. The topological polar surface area (TPSA) is 62.2 Å². The third-order valence-corrected chi connectivity index (χ3v) is 3.07. The van der Waals surface area contributed by atoms with E-state index in [1.165, 1.54) is 5.56 Å². The van der Waals surface area contributed by atoms with Gasteiger partial charge >= 0.3 is 0 Å². The Bertz CT molecular complexity index is 425. The van der Waals surface area contributed by atoms with Crippen LogP contribution in [0.15, 0.2) is 0 Å². The van der Waals surface area contributed by atoms with Gasteiger partial charge in [-0.15, -0.1) is 0 Å². The zero-order chi connectivity index (χ0) is 14.4. The highest BCUT2D eigenvalue weighted by atomic mass is 16.1. The summed E-state index contributed by atoms with van der Waals surface area (Å²) in [7, 11) is 7.66. The van der Waals surface area contributed by atoms with Crippen LogP contribution in [-0.2, 0) is 18.4 Å². The third-order valence-electron chi connectivity index (χ3n) is 3.07. The van der Waals surface area contributed by atoms with Gasteiger partial charge in [0, 0.05) is 46.7 Å². The van der Waals surface area contributed by atoms with Gasteiger partial charge < -0.3 is 15.5 Å². The molecule has 1 aromatic heterocycles. The smallest absolute Gasteiger partial charge is 0.219 e. The summed E-state index contributed by atoms with van der Waals surface area (Å²) >= 11 is 0. The highest BCUT2D eigenvalue weighted by molar-refractivity contribution is 5.75. The number of aryl methyl sites for hydroxylation is 2.